The highest BCUT2D eigenvalue weighted by Crippen LogP contribution is 2.36. The maximum atomic E-state index is 13.3. The third kappa shape index (κ3) is 2.65. The lowest BCUT2D eigenvalue weighted by Crippen LogP contribution is -2.20. The monoisotopic (exact) mass is 290 g/mol. The molecule has 0 fully saturated rings. The third-order valence-electron chi connectivity index (χ3n) is 3.50. The molecule has 1 atom stereocenters. The minimum atomic E-state index is -0.184. The Morgan fingerprint density at radius 2 is 2.35 bits per heavy atom. The second-order valence-electron chi connectivity index (χ2n) is 4.92. The van der Waals surface area contributed by atoms with E-state index < -0.39 is 0 Å². The van der Waals surface area contributed by atoms with E-state index in [1.165, 1.54) is 22.3 Å². The molecule has 0 saturated carbocycles. The molecule has 4 nitrogen and oxygen atoms in total. The van der Waals surface area contributed by atoms with E-state index in [0.717, 1.165) is 30.5 Å². The number of halogens is 1. The third-order valence-corrected chi connectivity index (χ3v) is 4.54. The number of aromatic nitrogens is 1. The van der Waals surface area contributed by atoms with Crippen LogP contribution in [0.5, 0.6) is 0 Å². The summed E-state index contributed by atoms with van der Waals surface area (Å²) in [5.41, 5.74) is 7.44. The average molecular weight is 290 g/mol. The molecule has 1 aliphatic carbocycles. The van der Waals surface area contributed by atoms with Crippen LogP contribution < -0.4 is 11.1 Å². The Kier molecular flexibility index (Phi) is 3.40. The van der Waals surface area contributed by atoms with E-state index >= 15 is 0 Å². The quantitative estimate of drug-likeness (QED) is 0.588. The molecule has 0 spiro atoms. The van der Waals surface area contributed by atoms with Gasteiger partial charge in [0.05, 0.1) is 5.69 Å². The summed E-state index contributed by atoms with van der Waals surface area (Å²) in [4.78, 5) is 5.65. The molecule has 20 heavy (non-hydrogen) atoms. The molecule has 1 heterocycles. The number of rotatable bonds is 2. The zero-order valence-electron chi connectivity index (χ0n) is 10.8. The molecule has 4 N–H and O–H groups in total. The van der Waals surface area contributed by atoms with Crippen molar-refractivity contribution >= 4 is 22.4 Å². The van der Waals surface area contributed by atoms with Crippen LogP contribution in [0.15, 0.2) is 24.3 Å². The van der Waals surface area contributed by atoms with Gasteiger partial charge in [0.25, 0.3) is 0 Å². The molecule has 0 radical (unpaired) electrons. The molecule has 2 aromatic rings. The van der Waals surface area contributed by atoms with Gasteiger partial charge in [-0.3, -0.25) is 5.41 Å². The van der Waals surface area contributed by atoms with E-state index in [9.17, 15) is 4.39 Å². The average Bonchev–Trinajstić information content (AvgIpc) is 2.78. The van der Waals surface area contributed by atoms with Gasteiger partial charge >= 0.3 is 0 Å². The normalized spacial score (nSPS) is 17.6. The molecule has 6 heteroatoms. The summed E-state index contributed by atoms with van der Waals surface area (Å²) >= 11 is 1.53. The van der Waals surface area contributed by atoms with Crippen LogP contribution >= 0.6 is 11.3 Å². The summed E-state index contributed by atoms with van der Waals surface area (Å²) in [5.74, 6) is 0.0538. The van der Waals surface area contributed by atoms with Gasteiger partial charge in [-0.25, -0.2) is 9.37 Å². The molecular weight excluding hydrogens is 275 g/mol. The van der Waals surface area contributed by atoms with E-state index in [1.54, 1.807) is 12.1 Å². The standard InChI is InChI=1S/C14H15FN4S/c15-10-3-1-2-8(6-10)9-4-5-11-12(7-9)20-14(18-11)19-13(16)17/h1-3,6,9H,4-5,7H2,(H4,16,17,18,19). The fraction of sp³-hybridized carbons (Fsp3) is 0.286. The molecule has 0 saturated heterocycles. The summed E-state index contributed by atoms with van der Waals surface area (Å²) < 4.78 is 13.3. The SMILES string of the molecule is N=C(N)Nc1nc2c(s1)CC(c1cccc(F)c1)CC2. The van der Waals surface area contributed by atoms with E-state index in [2.05, 4.69) is 10.3 Å². The predicted molar refractivity (Wildman–Crippen MR) is 78.8 cm³/mol. The molecule has 1 aliphatic rings. The van der Waals surface area contributed by atoms with Crippen molar-refractivity contribution in [2.24, 2.45) is 5.73 Å². The van der Waals surface area contributed by atoms with Crippen molar-refractivity contribution in [2.75, 3.05) is 5.32 Å². The molecule has 1 aromatic heterocycles. The van der Waals surface area contributed by atoms with Crippen LogP contribution in [0.4, 0.5) is 9.52 Å². The van der Waals surface area contributed by atoms with Crippen LogP contribution in [-0.2, 0) is 12.8 Å². The summed E-state index contributed by atoms with van der Waals surface area (Å²) in [6, 6.07) is 6.83. The van der Waals surface area contributed by atoms with Gasteiger partial charge in [0.15, 0.2) is 11.1 Å². The highest BCUT2D eigenvalue weighted by atomic mass is 32.1. The van der Waals surface area contributed by atoms with Crippen molar-refractivity contribution in [1.29, 1.82) is 5.41 Å². The van der Waals surface area contributed by atoms with Crippen molar-refractivity contribution in [3.8, 4) is 0 Å². The topological polar surface area (TPSA) is 74.8 Å². The first-order valence-electron chi connectivity index (χ1n) is 6.47. The molecule has 0 bridgehead atoms. The summed E-state index contributed by atoms with van der Waals surface area (Å²) in [6.07, 6.45) is 2.72. The lowest BCUT2D eigenvalue weighted by Gasteiger charge is -2.21. The zero-order chi connectivity index (χ0) is 14.1. The summed E-state index contributed by atoms with van der Waals surface area (Å²) in [7, 11) is 0. The number of guanidine groups is 1. The molecule has 1 aromatic carbocycles. The largest absolute Gasteiger partial charge is 0.370 e. The smallest absolute Gasteiger partial charge is 0.192 e. The second kappa shape index (κ2) is 5.20. The van der Waals surface area contributed by atoms with Crippen molar-refractivity contribution in [2.45, 2.75) is 25.2 Å². The highest BCUT2D eigenvalue weighted by Gasteiger charge is 2.24. The van der Waals surface area contributed by atoms with E-state index in [4.69, 9.17) is 11.1 Å². The Morgan fingerprint density at radius 1 is 1.50 bits per heavy atom. The van der Waals surface area contributed by atoms with E-state index in [1.807, 2.05) is 6.07 Å². The number of hydrogen-bond acceptors (Lipinski definition) is 3. The Bertz CT molecular complexity index is 652. The fourth-order valence-corrected chi connectivity index (χ4v) is 3.69. The Hall–Kier alpha value is -1.95. The number of hydrogen-bond donors (Lipinski definition) is 3. The number of benzene rings is 1. The minimum absolute atomic E-state index is 0.0993. The minimum Gasteiger partial charge on any atom is -0.370 e. The lowest BCUT2D eigenvalue weighted by molar-refractivity contribution is 0.573. The van der Waals surface area contributed by atoms with E-state index in [-0.39, 0.29) is 11.8 Å². The molecule has 104 valence electrons. The molecule has 1 unspecified atom stereocenters. The first-order valence-corrected chi connectivity index (χ1v) is 7.28. The van der Waals surface area contributed by atoms with Crippen LogP contribution in [0.3, 0.4) is 0 Å². The maximum absolute atomic E-state index is 13.3. The van der Waals surface area contributed by atoms with Crippen molar-refractivity contribution in [3.05, 3.63) is 46.2 Å². The van der Waals surface area contributed by atoms with Crippen LogP contribution in [0.2, 0.25) is 0 Å². The van der Waals surface area contributed by atoms with Gasteiger partial charge in [0, 0.05) is 4.88 Å². The van der Waals surface area contributed by atoms with Crippen molar-refractivity contribution in [3.63, 3.8) is 0 Å². The van der Waals surface area contributed by atoms with Crippen molar-refractivity contribution in [1.82, 2.24) is 4.98 Å². The molecular formula is C14H15FN4S. The fourth-order valence-electron chi connectivity index (χ4n) is 2.59. The van der Waals surface area contributed by atoms with Gasteiger partial charge in [-0.2, -0.15) is 0 Å². The van der Waals surface area contributed by atoms with Gasteiger partial charge in [0.2, 0.25) is 0 Å². The molecule has 3 rings (SSSR count). The molecule has 0 aliphatic heterocycles. The van der Waals surface area contributed by atoms with E-state index in [0.29, 0.717) is 11.0 Å². The maximum Gasteiger partial charge on any atom is 0.192 e. The predicted octanol–water partition coefficient (Wildman–Crippen LogP) is 2.86. The number of nitrogens with two attached hydrogens (primary N) is 1. The van der Waals surface area contributed by atoms with Gasteiger partial charge < -0.3 is 11.1 Å². The number of fused-ring (bicyclic) bond motifs is 1. The van der Waals surface area contributed by atoms with Gasteiger partial charge in [-0.1, -0.05) is 12.1 Å². The zero-order valence-corrected chi connectivity index (χ0v) is 11.6. The number of thiazole rings is 1. The summed E-state index contributed by atoms with van der Waals surface area (Å²) in [5, 5.41) is 10.6. The number of aryl methyl sites for hydroxylation is 1. The molecule has 0 amide bonds. The highest BCUT2D eigenvalue weighted by molar-refractivity contribution is 7.15. The lowest BCUT2D eigenvalue weighted by atomic mass is 9.85. The number of nitrogens with one attached hydrogen (secondary N) is 2. The first-order chi connectivity index (χ1) is 9.61. The van der Waals surface area contributed by atoms with Crippen LogP contribution in [0.25, 0.3) is 0 Å². The first kappa shape index (κ1) is 13.1. The Morgan fingerprint density at radius 3 is 3.10 bits per heavy atom. The second-order valence-corrected chi connectivity index (χ2v) is 6.01. The van der Waals surface area contributed by atoms with Gasteiger partial charge in [0.1, 0.15) is 5.82 Å². The van der Waals surface area contributed by atoms with Gasteiger partial charge in [-0.15, -0.1) is 11.3 Å². The Balaban J connectivity index is 1.81. The van der Waals surface area contributed by atoms with Crippen molar-refractivity contribution < 1.29 is 4.39 Å². The number of anilines is 1. The van der Waals surface area contributed by atoms with Crippen LogP contribution in [0, 0.1) is 11.2 Å². The van der Waals surface area contributed by atoms with Crippen LogP contribution in [-0.4, -0.2) is 10.9 Å². The van der Waals surface area contributed by atoms with Crippen LogP contribution in [0.1, 0.15) is 28.5 Å². The summed E-state index contributed by atoms with van der Waals surface area (Å²) in [6.45, 7) is 0. The van der Waals surface area contributed by atoms with Gasteiger partial charge in [-0.05, 0) is 42.9 Å². The Labute approximate surface area is 120 Å². The number of nitrogens with zero attached hydrogens (tertiary/aromatic N) is 1.